The highest BCUT2D eigenvalue weighted by molar-refractivity contribution is 9.10. The van der Waals surface area contributed by atoms with Crippen LogP contribution in [0.2, 0.25) is 0 Å². The smallest absolute Gasteiger partial charge is 0.144 e. The molecule has 0 spiro atoms. The second-order valence-electron chi connectivity index (χ2n) is 4.49. The predicted molar refractivity (Wildman–Crippen MR) is 76.2 cm³/mol. The normalized spacial score (nSPS) is 13.9. The standard InChI is InChI=1S/C12H16BrNO2S/c1-12(2,3)17(15)14-8-9-5-6-11(16-4)10(13)7-9/h5-8H,1-4H3/b14-8+. The quantitative estimate of drug-likeness (QED) is 0.802. The van der Waals surface area contributed by atoms with Crippen molar-refractivity contribution in [2.45, 2.75) is 25.5 Å². The van der Waals surface area contributed by atoms with E-state index >= 15 is 0 Å². The molecule has 1 aromatic carbocycles. The molecule has 1 rings (SSSR count). The van der Waals surface area contributed by atoms with Gasteiger partial charge in [0.2, 0.25) is 0 Å². The number of ether oxygens (including phenoxy) is 1. The fourth-order valence-corrected chi connectivity index (χ4v) is 2.12. The number of benzene rings is 1. The Morgan fingerprint density at radius 2 is 2.06 bits per heavy atom. The minimum atomic E-state index is -1.23. The Bertz CT molecular complexity index is 452. The summed E-state index contributed by atoms with van der Waals surface area (Å²) in [6, 6.07) is 5.58. The van der Waals surface area contributed by atoms with E-state index in [1.165, 1.54) is 0 Å². The average Bonchev–Trinajstić information content (AvgIpc) is 2.24. The lowest BCUT2D eigenvalue weighted by Gasteiger charge is -2.12. The predicted octanol–water partition coefficient (Wildman–Crippen LogP) is 3.34. The third-order valence-corrected chi connectivity index (χ3v) is 3.96. The summed E-state index contributed by atoms with van der Waals surface area (Å²) in [6.45, 7) is 5.68. The molecule has 0 heterocycles. The lowest BCUT2D eigenvalue weighted by molar-refractivity contribution is 0.412. The van der Waals surface area contributed by atoms with Gasteiger partial charge < -0.3 is 4.74 Å². The van der Waals surface area contributed by atoms with Gasteiger partial charge in [-0.05, 0) is 60.5 Å². The topological polar surface area (TPSA) is 38.7 Å². The summed E-state index contributed by atoms with van der Waals surface area (Å²) < 4.78 is 21.4. The van der Waals surface area contributed by atoms with E-state index in [1.54, 1.807) is 13.3 Å². The fraction of sp³-hybridized carbons (Fsp3) is 0.417. The van der Waals surface area contributed by atoms with Crippen LogP contribution in [0.1, 0.15) is 26.3 Å². The van der Waals surface area contributed by atoms with Gasteiger partial charge in [-0.1, -0.05) is 0 Å². The Balaban J connectivity index is 2.86. The van der Waals surface area contributed by atoms with E-state index in [1.807, 2.05) is 39.0 Å². The van der Waals surface area contributed by atoms with E-state index in [2.05, 4.69) is 20.3 Å². The Morgan fingerprint density at radius 1 is 1.41 bits per heavy atom. The third-order valence-electron chi connectivity index (χ3n) is 2.00. The molecule has 3 nitrogen and oxygen atoms in total. The van der Waals surface area contributed by atoms with Crippen molar-refractivity contribution in [2.24, 2.45) is 4.40 Å². The molecule has 1 unspecified atom stereocenters. The molecule has 0 fully saturated rings. The summed E-state index contributed by atoms with van der Waals surface area (Å²) in [5, 5.41) is 0. The molecule has 5 heteroatoms. The highest BCUT2D eigenvalue weighted by Crippen LogP contribution is 2.25. The molecule has 0 aromatic heterocycles. The monoisotopic (exact) mass is 317 g/mol. The lowest BCUT2D eigenvalue weighted by Crippen LogP contribution is -2.19. The molecular weight excluding hydrogens is 302 g/mol. The van der Waals surface area contributed by atoms with E-state index < -0.39 is 11.0 Å². The maximum Gasteiger partial charge on any atom is 0.144 e. The highest BCUT2D eigenvalue weighted by Gasteiger charge is 2.18. The molecule has 0 bridgehead atoms. The van der Waals surface area contributed by atoms with Crippen molar-refractivity contribution in [1.29, 1.82) is 0 Å². The highest BCUT2D eigenvalue weighted by atomic mass is 79.9. The summed E-state index contributed by atoms with van der Waals surface area (Å²) >= 11 is 3.39. The number of nitrogens with zero attached hydrogens (tertiary/aromatic N) is 1. The first kappa shape index (κ1) is 14.4. The van der Waals surface area contributed by atoms with Crippen molar-refractivity contribution in [3.8, 4) is 5.75 Å². The second kappa shape index (κ2) is 5.78. The maximum atomic E-state index is 11.7. The molecule has 0 radical (unpaired) electrons. The van der Waals surface area contributed by atoms with Gasteiger partial charge >= 0.3 is 0 Å². The zero-order valence-electron chi connectivity index (χ0n) is 10.4. The zero-order chi connectivity index (χ0) is 13.1. The average molecular weight is 318 g/mol. The number of hydrogen-bond acceptors (Lipinski definition) is 2. The van der Waals surface area contributed by atoms with Crippen molar-refractivity contribution in [2.75, 3.05) is 7.11 Å². The van der Waals surface area contributed by atoms with Crippen LogP contribution in [0.25, 0.3) is 0 Å². The zero-order valence-corrected chi connectivity index (χ0v) is 12.8. The first-order chi connectivity index (χ1) is 7.84. The molecule has 0 aliphatic carbocycles. The Kier molecular flexibility index (Phi) is 4.89. The van der Waals surface area contributed by atoms with E-state index in [-0.39, 0.29) is 4.75 Å². The molecule has 94 valence electrons. The minimum absolute atomic E-state index is 0.333. The summed E-state index contributed by atoms with van der Waals surface area (Å²) in [7, 11) is 0.385. The van der Waals surface area contributed by atoms with Crippen LogP contribution in [0.4, 0.5) is 0 Å². The number of methoxy groups -OCH3 is 1. The minimum Gasteiger partial charge on any atom is -0.496 e. The van der Waals surface area contributed by atoms with Gasteiger partial charge in [-0.15, -0.1) is 0 Å². The molecule has 0 saturated heterocycles. The molecule has 1 aromatic rings. The molecule has 17 heavy (non-hydrogen) atoms. The SMILES string of the molecule is COc1ccc(/C=N/S(=O)C(C)(C)C)cc1Br. The van der Waals surface area contributed by atoms with Crippen molar-refractivity contribution in [3.63, 3.8) is 0 Å². The summed E-state index contributed by atoms with van der Waals surface area (Å²) in [5.74, 6) is 0.763. The van der Waals surface area contributed by atoms with Gasteiger partial charge in [-0.25, -0.2) is 4.21 Å². The van der Waals surface area contributed by atoms with Gasteiger partial charge in [0.05, 0.1) is 16.3 Å². The van der Waals surface area contributed by atoms with Gasteiger partial charge in [0.25, 0.3) is 0 Å². The van der Waals surface area contributed by atoms with Crippen molar-refractivity contribution < 1.29 is 8.95 Å². The summed E-state index contributed by atoms with van der Waals surface area (Å²) in [4.78, 5) is 0. The molecule has 1 atom stereocenters. The van der Waals surface area contributed by atoms with E-state index in [4.69, 9.17) is 4.74 Å². The summed E-state index contributed by atoms with van der Waals surface area (Å²) in [5.41, 5.74) is 0.885. The van der Waals surface area contributed by atoms with Crippen LogP contribution in [-0.4, -0.2) is 22.3 Å². The lowest BCUT2D eigenvalue weighted by atomic mass is 10.2. The van der Waals surface area contributed by atoms with Crippen LogP contribution in [0.3, 0.4) is 0 Å². The largest absolute Gasteiger partial charge is 0.496 e. The van der Waals surface area contributed by atoms with Crippen LogP contribution < -0.4 is 4.74 Å². The van der Waals surface area contributed by atoms with Crippen LogP contribution >= 0.6 is 15.9 Å². The first-order valence-corrected chi connectivity index (χ1v) is 7.04. The van der Waals surface area contributed by atoms with Gasteiger partial charge in [-0.3, -0.25) is 0 Å². The maximum absolute atomic E-state index is 11.7. The number of hydrogen-bond donors (Lipinski definition) is 0. The second-order valence-corrected chi connectivity index (χ2v) is 7.28. The van der Waals surface area contributed by atoms with Crippen molar-refractivity contribution in [3.05, 3.63) is 28.2 Å². The Morgan fingerprint density at radius 3 is 2.53 bits per heavy atom. The van der Waals surface area contributed by atoms with Crippen LogP contribution in [-0.2, 0) is 11.0 Å². The van der Waals surface area contributed by atoms with Crippen LogP contribution in [0.15, 0.2) is 27.1 Å². The molecule has 0 aliphatic rings. The summed E-state index contributed by atoms with van der Waals surface area (Å²) in [6.07, 6.45) is 1.62. The van der Waals surface area contributed by atoms with Gasteiger partial charge in [0, 0.05) is 6.21 Å². The third kappa shape index (κ3) is 4.24. The first-order valence-electron chi connectivity index (χ1n) is 5.14. The number of halogens is 1. The fourth-order valence-electron chi connectivity index (χ4n) is 1.03. The Labute approximate surface area is 113 Å². The van der Waals surface area contributed by atoms with Crippen molar-refractivity contribution >= 4 is 33.1 Å². The molecule has 0 aliphatic heterocycles. The van der Waals surface area contributed by atoms with Gasteiger partial charge in [0.1, 0.15) is 16.7 Å². The van der Waals surface area contributed by atoms with Gasteiger partial charge in [-0.2, -0.15) is 4.40 Å². The molecular formula is C12H16BrNO2S. The van der Waals surface area contributed by atoms with Crippen LogP contribution in [0, 0.1) is 0 Å². The van der Waals surface area contributed by atoms with Gasteiger partial charge in [0.15, 0.2) is 0 Å². The molecule has 0 N–H and O–H groups in total. The van der Waals surface area contributed by atoms with E-state index in [0.29, 0.717) is 0 Å². The molecule has 0 saturated carbocycles. The molecule has 0 amide bonds. The van der Waals surface area contributed by atoms with Crippen LogP contribution in [0.5, 0.6) is 5.75 Å². The van der Waals surface area contributed by atoms with E-state index in [9.17, 15) is 4.21 Å². The number of rotatable bonds is 3. The Hall–Kier alpha value is -0.680. The van der Waals surface area contributed by atoms with Crippen molar-refractivity contribution in [1.82, 2.24) is 0 Å². The van der Waals surface area contributed by atoms with E-state index in [0.717, 1.165) is 15.8 Å².